The maximum absolute atomic E-state index is 13.7. The molecule has 0 aliphatic carbocycles. The highest BCUT2D eigenvalue weighted by Gasteiger charge is 2.38. The van der Waals surface area contributed by atoms with E-state index in [4.69, 9.17) is 0 Å². The molecule has 27 heavy (non-hydrogen) atoms. The predicted molar refractivity (Wildman–Crippen MR) is 116 cm³/mol. The van der Waals surface area contributed by atoms with Crippen molar-refractivity contribution >= 4 is 16.7 Å². The van der Waals surface area contributed by atoms with E-state index < -0.39 is 0 Å². The summed E-state index contributed by atoms with van der Waals surface area (Å²) in [5.41, 5.74) is 2.04. The van der Waals surface area contributed by atoms with E-state index >= 15 is 0 Å². The molecule has 1 aromatic carbocycles. The number of nitrogens with one attached hydrogen (secondary N) is 2. The van der Waals surface area contributed by atoms with Crippen LogP contribution in [0.1, 0.15) is 79.2 Å². The molecule has 0 bridgehead atoms. The molecule has 0 spiro atoms. The maximum atomic E-state index is 13.7. The van der Waals surface area contributed by atoms with Crippen molar-refractivity contribution in [3.05, 3.63) is 36.0 Å². The third-order valence-electron chi connectivity index (χ3n) is 6.06. The van der Waals surface area contributed by atoms with Gasteiger partial charge in [0.25, 0.3) is 0 Å². The summed E-state index contributed by atoms with van der Waals surface area (Å²) >= 11 is 0. The minimum atomic E-state index is -0.253. The van der Waals surface area contributed by atoms with Crippen LogP contribution in [0.3, 0.4) is 0 Å². The first kappa shape index (κ1) is 21.7. The monoisotopic (exact) mass is 370 g/mol. The lowest BCUT2D eigenvalue weighted by Gasteiger charge is -2.36. The van der Waals surface area contributed by atoms with Gasteiger partial charge in [0.05, 0.1) is 6.04 Å². The van der Waals surface area contributed by atoms with Gasteiger partial charge in [0, 0.05) is 28.1 Å². The second-order valence-corrected chi connectivity index (χ2v) is 8.92. The molecule has 2 rings (SSSR count). The number of H-pyrrole nitrogens is 1. The van der Waals surface area contributed by atoms with Crippen molar-refractivity contribution in [2.75, 3.05) is 0 Å². The van der Waals surface area contributed by atoms with Gasteiger partial charge in [-0.1, -0.05) is 58.7 Å². The Morgan fingerprint density at radius 2 is 1.70 bits per heavy atom. The molecule has 2 aromatic rings. The first-order chi connectivity index (χ1) is 12.8. The normalized spacial score (nSPS) is 13.9. The van der Waals surface area contributed by atoms with E-state index in [-0.39, 0.29) is 17.0 Å². The van der Waals surface area contributed by atoms with Gasteiger partial charge in [0.15, 0.2) is 5.78 Å². The molecule has 150 valence electrons. The van der Waals surface area contributed by atoms with Crippen LogP contribution in [0.5, 0.6) is 0 Å². The maximum Gasteiger partial charge on any atom is 0.155 e. The number of para-hydroxylation sites is 1. The van der Waals surface area contributed by atoms with Crippen molar-refractivity contribution in [3.63, 3.8) is 0 Å². The number of Topliss-reactive ketones (excluding diaryl/α,β-unsaturated/α-hetero) is 1. The number of carbonyl (C=O) groups excluding carboxylic acids is 1. The van der Waals surface area contributed by atoms with Gasteiger partial charge in [-0.2, -0.15) is 0 Å². The quantitative estimate of drug-likeness (QED) is 0.507. The Labute approximate surface area is 165 Å². The molecule has 1 heterocycles. The van der Waals surface area contributed by atoms with Gasteiger partial charge in [-0.25, -0.2) is 0 Å². The van der Waals surface area contributed by atoms with Crippen LogP contribution >= 0.6 is 0 Å². The number of ketones is 1. The van der Waals surface area contributed by atoms with E-state index in [0.29, 0.717) is 5.78 Å². The lowest BCUT2D eigenvalue weighted by atomic mass is 9.73. The van der Waals surface area contributed by atoms with Crippen LogP contribution in [0.4, 0.5) is 0 Å². The summed E-state index contributed by atoms with van der Waals surface area (Å²) in [6.45, 7) is 13.1. The number of aromatic nitrogens is 1. The standard InChI is InChI=1S/C24H38N2O/c1-7-14-24(6,15-8-2)22(27)21(26-23(4,5)9-3)16-18-17-25-20-13-11-10-12-19(18)20/h10-13,17,21,25-26H,7-9,14-16H2,1-6H3/t21-/m0/s1. The minimum absolute atomic E-state index is 0.0637. The van der Waals surface area contributed by atoms with Crippen LogP contribution in [0.25, 0.3) is 10.9 Å². The second-order valence-electron chi connectivity index (χ2n) is 8.92. The molecule has 3 nitrogen and oxygen atoms in total. The van der Waals surface area contributed by atoms with Gasteiger partial charge in [0.1, 0.15) is 0 Å². The Morgan fingerprint density at radius 3 is 2.30 bits per heavy atom. The number of benzene rings is 1. The second kappa shape index (κ2) is 9.05. The molecular weight excluding hydrogens is 332 g/mol. The summed E-state index contributed by atoms with van der Waals surface area (Å²) in [6.07, 6.45) is 7.79. The smallest absolute Gasteiger partial charge is 0.155 e. The number of rotatable bonds is 11. The molecule has 1 aromatic heterocycles. The van der Waals surface area contributed by atoms with Gasteiger partial charge < -0.3 is 10.3 Å². The minimum Gasteiger partial charge on any atom is -0.361 e. The summed E-state index contributed by atoms with van der Waals surface area (Å²) in [4.78, 5) is 17.1. The zero-order valence-corrected chi connectivity index (χ0v) is 18.1. The summed E-state index contributed by atoms with van der Waals surface area (Å²) in [7, 11) is 0. The highest BCUT2D eigenvalue weighted by atomic mass is 16.1. The van der Waals surface area contributed by atoms with E-state index in [1.54, 1.807) is 0 Å². The fourth-order valence-corrected chi connectivity index (χ4v) is 4.20. The van der Waals surface area contributed by atoms with Crippen molar-refractivity contribution in [2.45, 2.75) is 91.6 Å². The van der Waals surface area contributed by atoms with Crippen LogP contribution in [0.2, 0.25) is 0 Å². The SMILES string of the molecule is CCCC(C)(CCC)C(=O)[C@H](Cc1c[nH]c2ccccc12)NC(C)(C)CC. The van der Waals surface area contributed by atoms with E-state index in [9.17, 15) is 4.79 Å². The van der Waals surface area contributed by atoms with Crippen molar-refractivity contribution in [3.8, 4) is 0 Å². The average Bonchev–Trinajstić information content (AvgIpc) is 3.04. The molecule has 2 N–H and O–H groups in total. The van der Waals surface area contributed by atoms with Crippen LogP contribution in [-0.4, -0.2) is 22.3 Å². The molecular formula is C24H38N2O. The molecule has 0 saturated heterocycles. The van der Waals surface area contributed by atoms with Crippen molar-refractivity contribution in [1.29, 1.82) is 0 Å². The van der Waals surface area contributed by atoms with Crippen LogP contribution in [0.15, 0.2) is 30.5 Å². The summed E-state index contributed by atoms with van der Waals surface area (Å²) in [5, 5.41) is 4.93. The summed E-state index contributed by atoms with van der Waals surface area (Å²) in [5.74, 6) is 0.373. The largest absolute Gasteiger partial charge is 0.361 e. The molecule has 0 fully saturated rings. The molecule has 0 aliphatic heterocycles. The van der Waals surface area contributed by atoms with Crippen LogP contribution < -0.4 is 5.32 Å². The Bertz CT molecular complexity index is 738. The number of fused-ring (bicyclic) bond motifs is 1. The highest BCUT2D eigenvalue weighted by Crippen LogP contribution is 2.33. The zero-order chi connectivity index (χ0) is 20.1. The van der Waals surface area contributed by atoms with Gasteiger partial charge in [0.2, 0.25) is 0 Å². The number of carbonyl (C=O) groups is 1. The van der Waals surface area contributed by atoms with E-state index in [1.807, 2.05) is 6.07 Å². The predicted octanol–water partition coefficient (Wildman–Crippen LogP) is 6.03. The fourth-order valence-electron chi connectivity index (χ4n) is 4.20. The Morgan fingerprint density at radius 1 is 1.07 bits per heavy atom. The third-order valence-corrected chi connectivity index (χ3v) is 6.06. The molecule has 0 radical (unpaired) electrons. The van der Waals surface area contributed by atoms with E-state index in [1.165, 1.54) is 10.9 Å². The summed E-state index contributed by atoms with van der Waals surface area (Å²) in [6, 6.07) is 8.19. The Balaban J connectivity index is 2.37. The topological polar surface area (TPSA) is 44.9 Å². The lowest BCUT2D eigenvalue weighted by molar-refractivity contribution is -0.131. The molecule has 3 heteroatoms. The zero-order valence-electron chi connectivity index (χ0n) is 18.1. The molecule has 0 saturated carbocycles. The van der Waals surface area contributed by atoms with Crippen molar-refractivity contribution in [2.24, 2.45) is 5.41 Å². The van der Waals surface area contributed by atoms with Crippen LogP contribution in [-0.2, 0) is 11.2 Å². The molecule has 0 amide bonds. The number of hydrogen-bond donors (Lipinski definition) is 2. The van der Waals surface area contributed by atoms with Crippen molar-refractivity contribution < 1.29 is 4.79 Å². The number of hydrogen-bond acceptors (Lipinski definition) is 2. The van der Waals surface area contributed by atoms with E-state index in [0.717, 1.165) is 44.0 Å². The van der Waals surface area contributed by atoms with Gasteiger partial charge in [-0.05, 0) is 51.2 Å². The first-order valence-corrected chi connectivity index (χ1v) is 10.6. The fraction of sp³-hybridized carbons (Fsp3) is 0.625. The highest BCUT2D eigenvalue weighted by molar-refractivity contribution is 5.91. The van der Waals surface area contributed by atoms with Crippen LogP contribution in [0, 0.1) is 5.41 Å². The Hall–Kier alpha value is -1.61. The van der Waals surface area contributed by atoms with Gasteiger partial charge >= 0.3 is 0 Å². The van der Waals surface area contributed by atoms with Gasteiger partial charge in [-0.3, -0.25) is 4.79 Å². The molecule has 1 atom stereocenters. The number of aromatic amines is 1. The first-order valence-electron chi connectivity index (χ1n) is 10.6. The van der Waals surface area contributed by atoms with E-state index in [2.05, 4.69) is 76.2 Å². The summed E-state index contributed by atoms with van der Waals surface area (Å²) < 4.78 is 0. The third kappa shape index (κ3) is 5.22. The lowest BCUT2D eigenvalue weighted by Crippen LogP contribution is -2.53. The average molecular weight is 371 g/mol. The Kier molecular flexibility index (Phi) is 7.27. The van der Waals surface area contributed by atoms with Gasteiger partial charge in [-0.15, -0.1) is 0 Å². The molecule has 0 unspecified atom stereocenters. The van der Waals surface area contributed by atoms with Crippen molar-refractivity contribution in [1.82, 2.24) is 10.3 Å². The molecule has 0 aliphatic rings.